The fraction of sp³-hybridized carbons (Fsp3) is 0.278. The third-order valence-corrected chi connectivity index (χ3v) is 10.4. The number of aryl methyl sites for hydroxylation is 2. The Kier molecular flexibility index (Phi) is 11.7. The molecule has 11 heteroatoms. The summed E-state index contributed by atoms with van der Waals surface area (Å²) in [7, 11) is -4.26. The van der Waals surface area contributed by atoms with E-state index in [1.165, 1.54) is 23.1 Å². The van der Waals surface area contributed by atoms with Gasteiger partial charge in [0.1, 0.15) is 12.6 Å². The highest BCUT2D eigenvalue weighted by Crippen LogP contribution is 2.30. The zero-order valence-corrected chi connectivity index (χ0v) is 30.0. The lowest BCUT2D eigenvalue weighted by atomic mass is 10.0. The minimum absolute atomic E-state index is 0.00921. The van der Waals surface area contributed by atoms with Crippen molar-refractivity contribution in [2.45, 2.75) is 64.1 Å². The van der Waals surface area contributed by atoms with Gasteiger partial charge in [0, 0.05) is 23.5 Å². The van der Waals surface area contributed by atoms with Crippen molar-refractivity contribution in [3.8, 4) is 0 Å². The summed E-state index contributed by atoms with van der Waals surface area (Å²) in [5, 5.41) is 3.98. The number of sulfonamides is 1. The molecular weight excluding hydrogens is 677 g/mol. The molecule has 4 rings (SSSR count). The van der Waals surface area contributed by atoms with Gasteiger partial charge < -0.3 is 10.2 Å². The Bertz CT molecular complexity index is 1840. The van der Waals surface area contributed by atoms with Gasteiger partial charge in [-0.1, -0.05) is 95.0 Å². The number of hydrogen-bond donors (Lipinski definition) is 1. The van der Waals surface area contributed by atoms with E-state index in [2.05, 4.69) is 5.32 Å². The van der Waals surface area contributed by atoms with Crippen LogP contribution in [0.1, 0.15) is 43.0 Å². The van der Waals surface area contributed by atoms with Gasteiger partial charge in [-0.05, 0) is 87.7 Å². The van der Waals surface area contributed by atoms with Crippen LogP contribution in [-0.2, 0) is 32.6 Å². The van der Waals surface area contributed by atoms with Crippen LogP contribution in [0.25, 0.3) is 0 Å². The average molecular weight is 715 g/mol. The zero-order chi connectivity index (χ0) is 34.5. The van der Waals surface area contributed by atoms with Crippen LogP contribution >= 0.6 is 34.8 Å². The summed E-state index contributed by atoms with van der Waals surface area (Å²) in [5.74, 6) is -0.991. The van der Waals surface area contributed by atoms with Crippen LogP contribution in [0, 0.1) is 13.8 Å². The molecular formula is C36H38Cl3N3O4S. The quantitative estimate of drug-likeness (QED) is 0.171. The molecule has 0 spiro atoms. The van der Waals surface area contributed by atoms with Crippen molar-refractivity contribution in [2.75, 3.05) is 10.8 Å². The molecule has 248 valence electrons. The van der Waals surface area contributed by atoms with Gasteiger partial charge in [0.15, 0.2) is 0 Å². The fourth-order valence-electron chi connectivity index (χ4n) is 4.94. The maximum atomic E-state index is 14.6. The number of hydrogen-bond acceptors (Lipinski definition) is 4. The van der Waals surface area contributed by atoms with E-state index in [0.29, 0.717) is 15.6 Å². The van der Waals surface area contributed by atoms with Gasteiger partial charge in [0.2, 0.25) is 11.8 Å². The molecule has 0 unspecified atom stereocenters. The van der Waals surface area contributed by atoms with Crippen LogP contribution in [0.4, 0.5) is 5.69 Å². The number of rotatable bonds is 11. The topological polar surface area (TPSA) is 86.8 Å². The molecule has 0 saturated carbocycles. The molecule has 0 radical (unpaired) electrons. The highest BCUT2D eigenvalue weighted by Gasteiger charge is 2.36. The SMILES string of the molecule is Cc1ccc(S(=O)(=O)N(CC(=O)N(Cc2ccc(Cl)c(Cl)c2)[C@@H](Cc2ccccc2)C(=O)NC(C)(C)C)c2ccc(C)c(Cl)c2)cc1. The van der Waals surface area contributed by atoms with E-state index >= 15 is 0 Å². The second-order valence-electron chi connectivity index (χ2n) is 12.5. The molecule has 0 aromatic heterocycles. The standard InChI is InChI=1S/C36H38Cl3N3O4S/c1-24-11-16-29(17-12-24)47(45,46)42(28-15-13-25(2)31(38)21-28)23-34(43)41(22-27-14-18-30(37)32(39)19-27)33(35(44)40-36(3,4)5)20-26-9-7-6-8-10-26/h6-19,21,33H,20,22-23H2,1-5H3,(H,40,44)/t33-/m0/s1. The molecule has 0 heterocycles. The van der Waals surface area contributed by atoms with Gasteiger partial charge in [-0.25, -0.2) is 8.42 Å². The molecule has 7 nitrogen and oxygen atoms in total. The predicted octanol–water partition coefficient (Wildman–Crippen LogP) is 8.01. The Labute approximate surface area is 292 Å². The molecule has 0 aliphatic carbocycles. The Morgan fingerprint density at radius 3 is 2.04 bits per heavy atom. The predicted molar refractivity (Wildman–Crippen MR) is 191 cm³/mol. The number of amides is 2. The van der Waals surface area contributed by atoms with Crippen molar-refractivity contribution in [2.24, 2.45) is 0 Å². The van der Waals surface area contributed by atoms with E-state index in [0.717, 1.165) is 21.0 Å². The van der Waals surface area contributed by atoms with Gasteiger partial charge >= 0.3 is 0 Å². The van der Waals surface area contributed by atoms with Gasteiger partial charge in [-0.3, -0.25) is 13.9 Å². The number of carbonyl (C=O) groups excluding carboxylic acids is 2. The summed E-state index contributed by atoms with van der Waals surface area (Å²) in [6.07, 6.45) is 0.177. The van der Waals surface area contributed by atoms with Gasteiger partial charge in [0.25, 0.3) is 10.0 Å². The minimum Gasteiger partial charge on any atom is -0.350 e. The normalized spacial score (nSPS) is 12.3. The Morgan fingerprint density at radius 1 is 0.787 bits per heavy atom. The second-order valence-corrected chi connectivity index (χ2v) is 15.6. The van der Waals surface area contributed by atoms with Crippen molar-refractivity contribution >= 4 is 62.3 Å². The lowest BCUT2D eigenvalue weighted by Gasteiger charge is -2.35. The molecule has 2 amide bonds. The molecule has 0 saturated heterocycles. The van der Waals surface area contributed by atoms with Gasteiger partial charge in [-0.2, -0.15) is 0 Å². The summed E-state index contributed by atoms with van der Waals surface area (Å²) in [6, 6.07) is 24.5. The summed E-state index contributed by atoms with van der Waals surface area (Å²) < 4.78 is 29.5. The summed E-state index contributed by atoms with van der Waals surface area (Å²) in [6.45, 7) is 8.57. The van der Waals surface area contributed by atoms with Crippen LogP contribution in [0.3, 0.4) is 0 Å². The first kappa shape index (κ1) is 36.3. The highest BCUT2D eigenvalue weighted by molar-refractivity contribution is 7.92. The lowest BCUT2D eigenvalue weighted by Crippen LogP contribution is -2.56. The van der Waals surface area contributed by atoms with Gasteiger partial charge in [0.05, 0.1) is 20.6 Å². The summed E-state index contributed by atoms with van der Waals surface area (Å²) >= 11 is 19.0. The molecule has 0 fully saturated rings. The van der Waals surface area contributed by atoms with Crippen LogP contribution in [-0.4, -0.2) is 43.3 Å². The number of anilines is 1. The van der Waals surface area contributed by atoms with E-state index in [9.17, 15) is 18.0 Å². The van der Waals surface area contributed by atoms with Crippen molar-refractivity contribution < 1.29 is 18.0 Å². The first-order chi connectivity index (χ1) is 22.0. The number of carbonyl (C=O) groups is 2. The Balaban J connectivity index is 1.85. The molecule has 47 heavy (non-hydrogen) atoms. The van der Waals surface area contributed by atoms with Crippen molar-refractivity contribution in [1.29, 1.82) is 0 Å². The third kappa shape index (κ3) is 9.51. The van der Waals surface area contributed by atoms with Crippen LogP contribution in [0.15, 0.2) is 95.9 Å². The molecule has 1 atom stereocenters. The molecule has 1 N–H and O–H groups in total. The fourth-order valence-corrected chi connectivity index (χ4v) is 6.85. The number of nitrogens with zero attached hydrogens (tertiary/aromatic N) is 2. The second kappa shape index (κ2) is 15.1. The third-order valence-electron chi connectivity index (χ3n) is 7.44. The zero-order valence-electron chi connectivity index (χ0n) is 26.9. The smallest absolute Gasteiger partial charge is 0.264 e. The number of nitrogens with one attached hydrogen (secondary N) is 1. The van der Waals surface area contributed by atoms with E-state index in [-0.39, 0.29) is 34.5 Å². The minimum atomic E-state index is -4.26. The van der Waals surface area contributed by atoms with Crippen molar-refractivity contribution in [1.82, 2.24) is 10.2 Å². The summed E-state index contributed by atoms with van der Waals surface area (Å²) in [4.78, 5) is 30.0. The van der Waals surface area contributed by atoms with Crippen molar-refractivity contribution in [3.05, 3.63) is 128 Å². The maximum Gasteiger partial charge on any atom is 0.264 e. The largest absolute Gasteiger partial charge is 0.350 e. The summed E-state index contributed by atoms with van der Waals surface area (Å²) in [5.41, 5.74) is 2.67. The van der Waals surface area contributed by atoms with E-state index < -0.39 is 34.1 Å². The number of halogens is 3. The molecule has 0 aliphatic heterocycles. The van der Waals surface area contributed by atoms with E-state index in [4.69, 9.17) is 34.8 Å². The number of benzene rings is 4. The molecule has 0 aliphatic rings. The average Bonchev–Trinajstić information content (AvgIpc) is 3.00. The highest BCUT2D eigenvalue weighted by atomic mass is 35.5. The van der Waals surface area contributed by atoms with E-state index in [1.807, 2.05) is 58.0 Å². The Morgan fingerprint density at radius 2 is 1.45 bits per heavy atom. The first-order valence-electron chi connectivity index (χ1n) is 15.0. The molecule has 0 bridgehead atoms. The Hall–Kier alpha value is -3.56. The molecule has 4 aromatic rings. The van der Waals surface area contributed by atoms with Crippen LogP contribution in [0.5, 0.6) is 0 Å². The molecule has 4 aromatic carbocycles. The van der Waals surface area contributed by atoms with Crippen LogP contribution in [0.2, 0.25) is 15.1 Å². The monoisotopic (exact) mass is 713 g/mol. The maximum absolute atomic E-state index is 14.6. The van der Waals surface area contributed by atoms with Crippen LogP contribution < -0.4 is 9.62 Å². The lowest BCUT2D eigenvalue weighted by molar-refractivity contribution is -0.140. The van der Waals surface area contributed by atoms with Gasteiger partial charge in [-0.15, -0.1) is 0 Å². The van der Waals surface area contributed by atoms with E-state index in [1.54, 1.807) is 49.4 Å². The first-order valence-corrected chi connectivity index (χ1v) is 17.6. The van der Waals surface area contributed by atoms with Crippen molar-refractivity contribution in [3.63, 3.8) is 0 Å².